The third kappa shape index (κ3) is 4.16. The van der Waals surface area contributed by atoms with E-state index in [1.54, 1.807) is 13.2 Å². The summed E-state index contributed by atoms with van der Waals surface area (Å²) in [6.45, 7) is 3.64. The van der Waals surface area contributed by atoms with Gasteiger partial charge in [-0.25, -0.2) is 4.39 Å². The van der Waals surface area contributed by atoms with Gasteiger partial charge in [0.25, 0.3) is 0 Å². The van der Waals surface area contributed by atoms with E-state index in [4.69, 9.17) is 4.74 Å². The monoisotopic (exact) mass is 282 g/mol. The molecule has 0 saturated carbocycles. The van der Waals surface area contributed by atoms with Gasteiger partial charge in [0.1, 0.15) is 5.82 Å². The molecular formula is C15H23FN2O2. The molecule has 0 bridgehead atoms. The minimum Gasteiger partial charge on any atom is -0.393 e. The molecule has 0 spiro atoms. The average Bonchev–Trinajstić information content (AvgIpc) is 2.45. The van der Waals surface area contributed by atoms with E-state index in [-0.39, 0.29) is 11.9 Å². The van der Waals surface area contributed by atoms with Crippen LogP contribution in [0, 0.1) is 5.82 Å². The number of benzene rings is 1. The van der Waals surface area contributed by atoms with Gasteiger partial charge in [-0.1, -0.05) is 0 Å². The smallest absolute Gasteiger partial charge is 0.123 e. The lowest BCUT2D eigenvalue weighted by atomic mass is 10.0. The predicted molar refractivity (Wildman–Crippen MR) is 77.4 cm³/mol. The minimum absolute atomic E-state index is 0.199. The number of halogens is 1. The number of hydrogen-bond acceptors (Lipinski definition) is 4. The summed E-state index contributed by atoms with van der Waals surface area (Å²) in [4.78, 5) is 2.22. The first-order chi connectivity index (χ1) is 9.70. The Labute approximate surface area is 119 Å². The third-order valence-electron chi connectivity index (χ3n) is 3.65. The molecular weight excluding hydrogens is 259 g/mol. The molecule has 1 fully saturated rings. The molecule has 2 N–H and O–H groups in total. The van der Waals surface area contributed by atoms with Crippen molar-refractivity contribution in [3.63, 3.8) is 0 Å². The number of ether oxygens (including phenoxy) is 1. The largest absolute Gasteiger partial charge is 0.393 e. The van der Waals surface area contributed by atoms with Gasteiger partial charge in [-0.05, 0) is 36.6 Å². The summed E-state index contributed by atoms with van der Waals surface area (Å²) in [5.74, 6) is -0.214. The van der Waals surface area contributed by atoms with Gasteiger partial charge in [0.2, 0.25) is 0 Å². The fourth-order valence-electron chi connectivity index (χ4n) is 2.51. The molecule has 1 heterocycles. The van der Waals surface area contributed by atoms with Crippen LogP contribution in [0.25, 0.3) is 0 Å². The Balaban J connectivity index is 2.03. The summed E-state index contributed by atoms with van der Waals surface area (Å²) in [5.41, 5.74) is 2.01. The zero-order valence-corrected chi connectivity index (χ0v) is 11.9. The maximum Gasteiger partial charge on any atom is 0.123 e. The molecule has 1 aromatic carbocycles. The van der Waals surface area contributed by atoms with E-state index in [9.17, 15) is 9.50 Å². The standard InChI is InChI=1S/C15H23FN2O2/c1-20-9-6-17-11-12-10-13(16)2-3-15(12)18-7-4-14(19)5-8-18/h2-3,10,14,17,19H,4-9,11H2,1H3. The number of piperidine rings is 1. The highest BCUT2D eigenvalue weighted by molar-refractivity contribution is 5.54. The number of aliphatic hydroxyl groups excluding tert-OH is 1. The van der Waals surface area contributed by atoms with Gasteiger partial charge >= 0.3 is 0 Å². The highest BCUT2D eigenvalue weighted by Gasteiger charge is 2.19. The Kier molecular flexibility index (Phi) is 5.76. The van der Waals surface area contributed by atoms with E-state index in [1.807, 2.05) is 6.07 Å². The number of nitrogens with one attached hydrogen (secondary N) is 1. The van der Waals surface area contributed by atoms with Gasteiger partial charge < -0.3 is 20.1 Å². The third-order valence-corrected chi connectivity index (χ3v) is 3.65. The molecule has 20 heavy (non-hydrogen) atoms. The Bertz CT molecular complexity index is 420. The number of anilines is 1. The second-order valence-electron chi connectivity index (χ2n) is 5.16. The Hall–Kier alpha value is -1.17. The molecule has 112 valence electrons. The van der Waals surface area contributed by atoms with Crippen molar-refractivity contribution < 1.29 is 14.2 Å². The molecule has 1 aromatic rings. The maximum atomic E-state index is 13.4. The fraction of sp³-hybridized carbons (Fsp3) is 0.600. The summed E-state index contributed by atoms with van der Waals surface area (Å²) < 4.78 is 18.4. The first-order valence-corrected chi connectivity index (χ1v) is 7.12. The second kappa shape index (κ2) is 7.57. The number of methoxy groups -OCH3 is 1. The fourth-order valence-corrected chi connectivity index (χ4v) is 2.51. The van der Waals surface area contributed by atoms with Crippen LogP contribution in [0.2, 0.25) is 0 Å². The van der Waals surface area contributed by atoms with Crippen molar-refractivity contribution in [3.05, 3.63) is 29.6 Å². The summed E-state index contributed by atoms with van der Waals surface area (Å²) >= 11 is 0. The SMILES string of the molecule is COCCNCc1cc(F)ccc1N1CCC(O)CC1. The topological polar surface area (TPSA) is 44.7 Å². The molecule has 1 aliphatic rings. The van der Waals surface area contributed by atoms with Gasteiger partial charge in [-0.2, -0.15) is 0 Å². The van der Waals surface area contributed by atoms with Crippen molar-refractivity contribution in [2.45, 2.75) is 25.5 Å². The molecule has 1 saturated heterocycles. The molecule has 0 atom stereocenters. The van der Waals surface area contributed by atoms with Crippen molar-refractivity contribution in [1.29, 1.82) is 0 Å². The van der Waals surface area contributed by atoms with Crippen molar-refractivity contribution in [3.8, 4) is 0 Å². The normalized spacial score (nSPS) is 16.6. The molecule has 0 radical (unpaired) electrons. The molecule has 0 aromatic heterocycles. The lowest BCUT2D eigenvalue weighted by Crippen LogP contribution is -2.36. The van der Waals surface area contributed by atoms with Gasteiger partial charge in [-0.3, -0.25) is 0 Å². The van der Waals surface area contributed by atoms with Crippen molar-refractivity contribution in [1.82, 2.24) is 5.32 Å². The summed E-state index contributed by atoms with van der Waals surface area (Å²) in [5, 5.41) is 12.8. The zero-order chi connectivity index (χ0) is 14.4. The number of rotatable bonds is 6. The van der Waals surface area contributed by atoms with Crippen molar-refractivity contribution >= 4 is 5.69 Å². The highest BCUT2D eigenvalue weighted by Crippen LogP contribution is 2.25. The highest BCUT2D eigenvalue weighted by atomic mass is 19.1. The molecule has 0 amide bonds. The van der Waals surface area contributed by atoms with E-state index in [1.165, 1.54) is 6.07 Å². The lowest BCUT2D eigenvalue weighted by Gasteiger charge is -2.33. The van der Waals surface area contributed by atoms with Crippen LogP contribution in [0.5, 0.6) is 0 Å². The number of nitrogens with zero attached hydrogens (tertiary/aromatic N) is 1. The summed E-state index contributed by atoms with van der Waals surface area (Å²) in [7, 11) is 1.66. The van der Waals surface area contributed by atoms with Crippen LogP contribution in [-0.2, 0) is 11.3 Å². The van der Waals surface area contributed by atoms with E-state index in [2.05, 4.69) is 10.2 Å². The van der Waals surface area contributed by atoms with E-state index < -0.39 is 0 Å². The Morgan fingerprint density at radius 2 is 2.15 bits per heavy atom. The average molecular weight is 282 g/mol. The lowest BCUT2D eigenvalue weighted by molar-refractivity contribution is 0.145. The Morgan fingerprint density at radius 3 is 2.85 bits per heavy atom. The van der Waals surface area contributed by atoms with Crippen LogP contribution in [-0.4, -0.2) is 44.6 Å². The zero-order valence-electron chi connectivity index (χ0n) is 11.9. The van der Waals surface area contributed by atoms with E-state index in [0.717, 1.165) is 43.7 Å². The number of hydrogen-bond donors (Lipinski definition) is 2. The van der Waals surface area contributed by atoms with Crippen LogP contribution < -0.4 is 10.2 Å². The molecule has 0 aliphatic carbocycles. The summed E-state index contributed by atoms with van der Waals surface area (Å²) in [6.07, 6.45) is 1.34. The molecule has 2 rings (SSSR count). The predicted octanol–water partition coefficient (Wildman–Crippen LogP) is 1.52. The van der Waals surface area contributed by atoms with Gasteiger partial charge in [-0.15, -0.1) is 0 Å². The van der Waals surface area contributed by atoms with Gasteiger partial charge in [0, 0.05) is 39.0 Å². The van der Waals surface area contributed by atoms with Crippen molar-refractivity contribution in [2.75, 3.05) is 38.3 Å². The van der Waals surface area contributed by atoms with Gasteiger partial charge in [0.15, 0.2) is 0 Å². The summed E-state index contributed by atoms with van der Waals surface area (Å²) in [6, 6.07) is 4.92. The number of aliphatic hydroxyl groups is 1. The van der Waals surface area contributed by atoms with E-state index >= 15 is 0 Å². The Morgan fingerprint density at radius 1 is 1.40 bits per heavy atom. The second-order valence-corrected chi connectivity index (χ2v) is 5.16. The van der Waals surface area contributed by atoms with Crippen LogP contribution in [0.4, 0.5) is 10.1 Å². The molecule has 4 nitrogen and oxygen atoms in total. The van der Waals surface area contributed by atoms with Crippen LogP contribution in [0.3, 0.4) is 0 Å². The van der Waals surface area contributed by atoms with E-state index in [0.29, 0.717) is 13.2 Å². The van der Waals surface area contributed by atoms with Gasteiger partial charge in [0.05, 0.1) is 12.7 Å². The van der Waals surface area contributed by atoms with Crippen LogP contribution >= 0.6 is 0 Å². The molecule has 5 heteroatoms. The first kappa shape index (κ1) is 15.2. The maximum absolute atomic E-state index is 13.4. The molecule has 1 aliphatic heterocycles. The minimum atomic E-state index is -0.214. The quantitative estimate of drug-likeness (QED) is 0.777. The van der Waals surface area contributed by atoms with Crippen LogP contribution in [0.1, 0.15) is 18.4 Å². The van der Waals surface area contributed by atoms with Crippen LogP contribution in [0.15, 0.2) is 18.2 Å². The first-order valence-electron chi connectivity index (χ1n) is 7.12. The van der Waals surface area contributed by atoms with Crippen molar-refractivity contribution in [2.24, 2.45) is 0 Å². The molecule has 0 unspecified atom stereocenters.